The van der Waals surface area contributed by atoms with E-state index in [9.17, 15) is 0 Å². The molecule has 19 heavy (non-hydrogen) atoms. The minimum atomic E-state index is 0.406. The number of fused-ring (bicyclic) bond motifs is 2. The molecule has 0 spiro atoms. The normalized spacial score (nSPS) is 30.7. The molecule has 0 saturated heterocycles. The van der Waals surface area contributed by atoms with Crippen molar-refractivity contribution in [2.24, 2.45) is 17.8 Å². The summed E-state index contributed by atoms with van der Waals surface area (Å²) in [5, 5.41) is 3.73. The highest BCUT2D eigenvalue weighted by atomic mass is 14.9. The van der Waals surface area contributed by atoms with Gasteiger partial charge in [-0.15, -0.1) is 0 Å². The highest BCUT2D eigenvalue weighted by molar-refractivity contribution is 5.46. The number of nitrogen functional groups attached to an aromatic ring is 1. The number of anilines is 1. The lowest BCUT2D eigenvalue weighted by Gasteiger charge is -2.32. The number of nitrogens with one attached hydrogen (secondary N) is 1. The van der Waals surface area contributed by atoms with Crippen LogP contribution in [0, 0.1) is 17.8 Å². The van der Waals surface area contributed by atoms with Gasteiger partial charge in [0, 0.05) is 29.7 Å². The predicted octanol–water partition coefficient (Wildman–Crippen LogP) is 3.14. The monoisotopic (exact) mass is 259 g/mol. The highest BCUT2D eigenvalue weighted by Crippen LogP contribution is 2.52. The molecule has 0 amide bonds. The zero-order valence-corrected chi connectivity index (χ0v) is 11.8. The van der Waals surface area contributed by atoms with E-state index < -0.39 is 0 Å². The van der Waals surface area contributed by atoms with Crippen LogP contribution in [-0.4, -0.2) is 11.5 Å². The molecule has 3 rings (SSSR count). The van der Waals surface area contributed by atoms with E-state index in [0.717, 1.165) is 36.4 Å². The molecule has 2 bridgehead atoms. The average molecular weight is 259 g/mol. The Labute approximate surface area is 116 Å². The molecule has 2 fully saturated rings. The summed E-state index contributed by atoms with van der Waals surface area (Å²) in [6, 6.07) is 2.34. The third-order valence-corrected chi connectivity index (χ3v) is 5.06. The standard InChI is InChI=1S/C16H25N3/c1-2-6-19-16(14-10-18-7-5-15(14)17)13-9-11-3-4-12(13)8-11/h5,7,10-13,16,19H,2-4,6,8-9H2,1H3,(H2,17,18). The van der Waals surface area contributed by atoms with Crippen LogP contribution in [0.25, 0.3) is 0 Å². The molecule has 104 valence electrons. The Bertz CT molecular complexity index is 432. The number of nitrogens with two attached hydrogens (primary N) is 1. The molecule has 0 aliphatic heterocycles. The van der Waals surface area contributed by atoms with Gasteiger partial charge in [-0.2, -0.15) is 0 Å². The minimum absolute atomic E-state index is 0.406. The van der Waals surface area contributed by atoms with Crippen molar-refractivity contribution in [1.82, 2.24) is 10.3 Å². The summed E-state index contributed by atoms with van der Waals surface area (Å²) >= 11 is 0. The maximum atomic E-state index is 6.18. The number of rotatable bonds is 5. The van der Waals surface area contributed by atoms with Gasteiger partial charge in [0.2, 0.25) is 0 Å². The molecule has 3 nitrogen and oxygen atoms in total. The van der Waals surface area contributed by atoms with Crippen molar-refractivity contribution in [1.29, 1.82) is 0 Å². The largest absolute Gasteiger partial charge is 0.398 e. The average Bonchev–Trinajstić information content (AvgIpc) is 3.04. The highest BCUT2D eigenvalue weighted by Gasteiger charge is 2.43. The lowest BCUT2D eigenvalue weighted by atomic mass is 9.80. The minimum Gasteiger partial charge on any atom is -0.398 e. The quantitative estimate of drug-likeness (QED) is 0.854. The molecule has 2 saturated carbocycles. The molecule has 1 aromatic heterocycles. The summed E-state index contributed by atoms with van der Waals surface area (Å²) < 4.78 is 0. The first-order valence-electron chi connectivity index (χ1n) is 7.72. The van der Waals surface area contributed by atoms with Gasteiger partial charge >= 0.3 is 0 Å². The van der Waals surface area contributed by atoms with Gasteiger partial charge in [-0.05, 0) is 56.0 Å². The number of nitrogens with zero attached hydrogens (tertiary/aromatic N) is 1. The van der Waals surface area contributed by atoms with Crippen molar-refractivity contribution in [2.45, 2.75) is 45.1 Å². The van der Waals surface area contributed by atoms with Crippen LogP contribution in [0.3, 0.4) is 0 Å². The van der Waals surface area contributed by atoms with Crippen LogP contribution >= 0.6 is 0 Å². The van der Waals surface area contributed by atoms with Crippen LogP contribution in [0.4, 0.5) is 5.69 Å². The third kappa shape index (κ3) is 2.48. The van der Waals surface area contributed by atoms with E-state index in [-0.39, 0.29) is 0 Å². The number of pyridine rings is 1. The fourth-order valence-corrected chi connectivity index (χ4v) is 4.17. The van der Waals surface area contributed by atoms with Crippen molar-refractivity contribution in [3.63, 3.8) is 0 Å². The van der Waals surface area contributed by atoms with Crippen LogP contribution in [0.1, 0.15) is 50.6 Å². The number of hydrogen-bond acceptors (Lipinski definition) is 3. The topological polar surface area (TPSA) is 50.9 Å². The van der Waals surface area contributed by atoms with Crippen molar-refractivity contribution < 1.29 is 0 Å². The first-order chi connectivity index (χ1) is 9.29. The Morgan fingerprint density at radius 2 is 2.32 bits per heavy atom. The van der Waals surface area contributed by atoms with Crippen LogP contribution in [0.15, 0.2) is 18.5 Å². The summed E-state index contributed by atoms with van der Waals surface area (Å²) in [5.74, 6) is 2.63. The van der Waals surface area contributed by atoms with Gasteiger partial charge in [0.1, 0.15) is 0 Å². The van der Waals surface area contributed by atoms with Crippen molar-refractivity contribution in [2.75, 3.05) is 12.3 Å². The summed E-state index contributed by atoms with van der Waals surface area (Å²) in [5.41, 5.74) is 8.29. The van der Waals surface area contributed by atoms with E-state index in [1.165, 1.54) is 31.2 Å². The first kappa shape index (κ1) is 12.9. The zero-order chi connectivity index (χ0) is 13.2. The summed E-state index contributed by atoms with van der Waals surface area (Å²) in [6.07, 6.45) is 10.6. The van der Waals surface area contributed by atoms with Crippen molar-refractivity contribution in [3.05, 3.63) is 24.0 Å². The van der Waals surface area contributed by atoms with Gasteiger partial charge in [-0.3, -0.25) is 4.98 Å². The first-order valence-corrected chi connectivity index (χ1v) is 7.72. The second-order valence-electron chi connectivity index (χ2n) is 6.28. The fraction of sp³-hybridized carbons (Fsp3) is 0.688. The molecular weight excluding hydrogens is 234 g/mol. The molecule has 1 aromatic rings. The third-order valence-electron chi connectivity index (χ3n) is 5.06. The molecular formula is C16H25N3. The van der Waals surface area contributed by atoms with Gasteiger partial charge in [-0.1, -0.05) is 13.3 Å². The van der Waals surface area contributed by atoms with Crippen LogP contribution in [0.2, 0.25) is 0 Å². The van der Waals surface area contributed by atoms with E-state index in [0.29, 0.717) is 6.04 Å². The molecule has 2 aliphatic carbocycles. The van der Waals surface area contributed by atoms with E-state index in [1.54, 1.807) is 6.20 Å². The fourth-order valence-electron chi connectivity index (χ4n) is 4.17. The molecule has 1 heterocycles. The predicted molar refractivity (Wildman–Crippen MR) is 78.6 cm³/mol. The van der Waals surface area contributed by atoms with E-state index in [1.807, 2.05) is 12.3 Å². The lowest BCUT2D eigenvalue weighted by molar-refractivity contribution is 0.251. The number of aromatic nitrogens is 1. The zero-order valence-electron chi connectivity index (χ0n) is 11.8. The molecule has 3 heteroatoms. The Morgan fingerprint density at radius 3 is 2.95 bits per heavy atom. The van der Waals surface area contributed by atoms with Crippen molar-refractivity contribution in [3.8, 4) is 0 Å². The Balaban J connectivity index is 1.83. The molecule has 3 N–H and O–H groups in total. The molecule has 2 aliphatic rings. The van der Waals surface area contributed by atoms with Crippen LogP contribution in [0.5, 0.6) is 0 Å². The molecule has 4 unspecified atom stereocenters. The second-order valence-corrected chi connectivity index (χ2v) is 6.28. The van der Waals surface area contributed by atoms with Gasteiger partial charge in [-0.25, -0.2) is 0 Å². The van der Waals surface area contributed by atoms with E-state index in [4.69, 9.17) is 5.73 Å². The lowest BCUT2D eigenvalue weighted by Crippen LogP contribution is -2.32. The second kappa shape index (κ2) is 5.49. The van der Waals surface area contributed by atoms with Gasteiger partial charge in [0.05, 0.1) is 0 Å². The Hall–Kier alpha value is -1.09. The maximum absolute atomic E-state index is 6.18. The summed E-state index contributed by atoms with van der Waals surface area (Å²) in [6.45, 7) is 3.28. The smallest absolute Gasteiger partial charge is 0.0393 e. The Kier molecular flexibility index (Phi) is 3.74. The van der Waals surface area contributed by atoms with Crippen molar-refractivity contribution >= 4 is 5.69 Å². The van der Waals surface area contributed by atoms with Crippen LogP contribution < -0.4 is 11.1 Å². The maximum Gasteiger partial charge on any atom is 0.0393 e. The molecule has 0 aromatic carbocycles. The van der Waals surface area contributed by atoms with Gasteiger partial charge in [0.25, 0.3) is 0 Å². The molecule has 0 radical (unpaired) electrons. The molecule has 4 atom stereocenters. The van der Waals surface area contributed by atoms with E-state index >= 15 is 0 Å². The van der Waals surface area contributed by atoms with Crippen LogP contribution in [-0.2, 0) is 0 Å². The van der Waals surface area contributed by atoms with E-state index in [2.05, 4.69) is 17.2 Å². The number of hydrogen-bond donors (Lipinski definition) is 2. The summed E-state index contributed by atoms with van der Waals surface area (Å²) in [4.78, 5) is 4.29. The summed E-state index contributed by atoms with van der Waals surface area (Å²) in [7, 11) is 0. The Morgan fingerprint density at radius 1 is 1.42 bits per heavy atom. The SMILES string of the molecule is CCCNC(c1cnccc1N)C1CC2CCC1C2. The van der Waals surface area contributed by atoms with Gasteiger partial charge < -0.3 is 11.1 Å². The van der Waals surface area contributed by atoms with Gasteiger partial charge in [0.15, 0.2) is 0 Å².